The number of thioether (sulfide) groups is 1. The van der Waals surface area contributed by atoms with Crippen LogP contribution in [0.1, 0.15) is 20.8 Å². The molecule has 0 aromatic heterocycles. The number of benzene rings is 1. The minimum absolute atomic E-state index is 0.0959. The average Bonchev–Trinajstić information content (AvgIpc) is 2.05. The molecule has 0 aliphatic carbocycles. The molecule has 0 aliphatic rings. The largest absolute Gasteiger partial charge is 0.270 e. The first kappa shape index (κ1) is 12.5. The lowest BCUT2D eigenvalue weighted by atomic mass is 10.3. The summed E-state index contributed by atoms with van der Waals surface area (Å²) in [6, 6.07) is 4.84. The van der Waals surface area contributed by atoms with E-state index in [0.29, 0.717) is 0 Å². The van der Waals surface area contributed by atoms with Crippen molar-refractivity contribution in [3.05, 3.63) is 32.8 Å². The molecule has 0 saturated carbocycles. The molecule has 0 heterocycles. The summed E-state index contributed by atoms with van der Waals surface area (Å²) in [4.78, 5) is 11.2. The standard InChI is InChI=1S/C10H12BrNO2S/c1-10(2,3)15-9-5-4-7(12(13)14)6-8(9)11/h4-6H,1-3H3. The number of rotatable bonds is 2. The van der Waals surface area contributed by atoms with Gasteiger partial charge in [-0.3, -0.25) is 10.1 Å². The van der Waals surface area contributed by atoms with Crippen molar-refractivity contribution in [3.63, 3.8) is 0 Å². The van der Waals surface area contributed by atoms with Crippen molar-refractivity contribution in [2.75, 3.05) is 0 Å². The second-order valence-electron chi connectivity index (χ2n) is 4.09. The van der Waals surface area contributed by atoms with Gasteiger partial charge in [-0.15, -0.1) is 11.8 Å². The van der Waals surface area contributed by atoms with Crippen LogP contribution in [0.25, 0.3) is 0 Å². The maximum atomic E-state index is 10.5. The lowest BCUT2D eigenvalue weighted by molar-refractivity contribution is -0.385. The van der Waals surface area contributed by atoms with E-state index in [4.69, 9.17) is 0 Å². The van der Waals surface area contributed by atoms with Gasteiger partial charge in [0.05, 0.1) is 4.92 Å². The van der Waals surface area contributed by atoms with Gasteiger partial charge in [0.15, 0.2) is 0 Å². The third-order valence-corrected chi connectivity index (χ3v) is 3.65. The fourth-order valence-corrected chi connectivity index (χ4v) is 2.58. The third kappa shape index (κ3) is 3.83. The minimum Gasteiger partial charge on any atom is -0.258 e. The number of hydrogen-bond donors (Lipinski definition) is 0. The van der Waals surface area contributed by atoms with Crippen molar-refractivity contribution in [2.24, 2.45) is 0 Å². The Morgan fingerprint density at radius 1 is 1.40 bits per heavy atom. The van der Waals surface area contributed by atoms with Crippen LogP contribution >= 0.6 is 27.7 Å². The van der Waals surface area contributed by atoms with Gasteiger partial charge in [-0.1, -0.05) is 20.8 Å². The van der Waals surface area contributed by atoms with E-state index < -0.39 is 4.92 Å². The lowest BCUT2D eigenvalue weighted by Crippen LogP contribution is -2.06. The van der Waals surface area contributed by atoms with Crippen LogP contribution in [0.2, 0.25) is 0 Å². The lowest BCUT2D eigenvalue weighted by Gasteiger charge is -2.18. The Bertz CT molecular complexity index is 387. The van der Waals surface area contributed by atoms with Crippen LogP contribution in [-0.4, -0.2) is 9.67 Å². The van der Waals surface area contributed by atoms with E-state index in [1.54, 1.807) is 17.8 Å². The molecular formula is C10H12BrNO2S. The van der Waals surface area contributed by atoms with Crippen molar-refractivity contribution < 1.29 is 4.92 Å². The predicted molar refractivity (Wildman–Crippen MR) is 66.4 cm³/mol. The molecule has 1 rings (SSSR count). The summed E-state index contributed by atoms with van der Waals surface area (Å²) in [5, 5.41) is 10.5. The second kappa shape index (κ2) is 4.53. The maximum Gasteiger partial charge on any atom is 0.270 e. The fraction of sp³-hybridized carbons (Fsp3) is 0.400. The van der Waals surface area contributed by atoms with E-state index in [1.807, 2.05) is 0 Å². The maximum absolute atomic E-state index is 10.5. The summed E-state index contributed by atoms with van der Waals surface area (Å²) >= 11 is 5.02. The summed E-state index contributed by atoms with van der Waals surface area (Å²) in [6.07, 6.45) is 0. The molecular weight excluding hydrogens is 278 g/mol. The Morgan fingerprint density at radius 2 is 2.00 bits per heavy atom. The number of nitro benzene ring substituents is 1. The number of nitrogens with zero attached hydrogens (tertiary/aromatic N) is 1. The van der Waals surface area contributed by atoms with Gasteiger partial charge in [-0.2, -0.15) is 0 Å². The van der Waals surface area contributed by atoms with E-state index in [2.05, 4.69) is 36.7 Å². The van der Waals surface area contributed by atoms with Crippen LogP contribution in [0, 0.1) is 10.1 Å². The first-order chi connectivity index (χ1) is 6.79. The van der Waals surface area contributed by atoms with Crippen molar-refractivity contribution >= 4 is 33.4 Å². The van der Waals surface area contributed by atoms with Crippen LogP contribution in [-0.2, 0) is 0 Å². The molecule has 3 nitrogen and oxygen atoms in total. The highest BCUT2D eigenvalue weighted by atomic mass is 79.9. The Hall–Kier alpha value is -0.550. The summed E-state index contributed by atoms with van der Waals surface area (Å²) in [7, 11) is 0. The summed E-state index contributed by atoms with van der Waals surface area (Å²) < 4.78 is 0.871. The molecule has 1 aromatic rings. The fourth-order valence-electron chi connectivity index (χ4n) is 1.02. The Morgan fingerprint density at radius 3 is 2.40 bits per heavy atom. The molecule has 0 unspecified atom stereocenters. The highest BCUT2D eigenvalue weighted by Gasteiger charge is 2.16. The predicted octanol–water partition coefficient (Wildman–Crippen LogP) is 4.25. The van der Waals surface area contributed by atoms with Crippen molar-refractivity contribution in [2.45, 2.75) is 30.4 Å². The van der Waals surface area contributed by atoms with Gasteiger partial charge in [0, 0.05) is 26.2 Å². The van der Waals surface area contributed by atoms with Crippen molar-refractivity contribution in [3.8, 4) is 0 Å². The average molecular weight is 290 g/mol. The van der Waals surface area contributed by atoms with E-state index in [-0.39, 0.29) is 10.4 Å². The van der Waals surface area contributed by atoms with Crippen LogP contribution < -0.4 is 0 Å². The summed E-state index contributed by atoms with van der Waals surface area (Å²) in [5.41, 5.74) is 0.111. The normalized spacial score (nSPS) is 11.5. The van der Waals surface area contributed by atoms with Crippen molar-refractivity contribution in [1.29, 1.82) is 0 Å². The van der Waals surface area contributed by atoms with E-state index in [1.165, 1.54) is 12.1 Å². The molecule has 0 amide bonds. The molecule has 1 aromatic carbocycles. The zero-order valence-electron chi connectivity index (χ0n) is 8.78. The summed E-state index contributed by atoms with van der Waals surface area (Å²) in [6.45, 7) is 6.31. The van der Waals surface area contributed by atoms with Crippen LogP contribution in [0.3, 0.4) is 0 Å². The van der Waals surface area contributed by atoms with Gasteiger partial charge < -0.3 is 0 Å². The first-order valence-electron chi connectivity index (χ1n) is 4.42. The molecule has 0 N–H and O–H groups in total. The van der Waals surface area contributed by atoms with Gasteiger partial charge in [0.2, 0.25) is 0 Å². The van der Waals surface area contributed by atoms with Gasteiger partial charge in [-0.25, -0.2) is 0 Å². The molecule has 0 bridgehead atoms. The molecule has 5 heteroatoms. The zero-order valence-corrected chi connectivity index (χ0v) is 11.2. The topological polar surface area (TPSA) is 43.1 Å². The van der Waals surface area contributed by atoms with E-state index in [0.717, 1.165) is 9.37 Å². The molecule has 0 fully saturated rings. The van der Waals surface area contributed by atoms with Crippen LogP contribution in [0.4, 0.5) is 5.69 Å². The van der Waals surface area contributed by atoms with Crippen LogP contribution in [0.15, 0.2) is 27.6 Å². The number of nitro groups is 1. The van der Waals surface area contributed by atoms with Gasteiger partial charge in [-0.05, 0) is 22.0 Å². The molecule has 0 spiro atoms. The Kier molecular flexibility index (Phi) is 3.78. The summed E-state index contributed by atoms with van der Waals surface area (Å²) in [5.74, 6) is 0. The van der Waals surface area contributed by atoms with Gasteiger partial charge >= 0.3 is 0 Å². The van der Waals surface area contributed by atoms with Crippen molar-refractivity contribution in [1.82, 2.24) is 0 Å². The highest BCUT2D eigenvalue weighted by molar-refractivity contribution is 9.10. The monoisotopic (exact) mass is 289 g/mol. The molecule has 0 atom stereocenters. The zero-order chi connectivity index (χ0) is 11.6. The Labute approximate surface area is 102 Å². The highest BCUT2D eigenvalue weighted by Crippen LogP contribution is 2.37. The molecule has 0 aliphatic heterocycles. The minimum atomic E-state index is -0.393. The number of non-ortho nitro benzene ring substituents is 1. The number of hydrogen-bond acceptors (Lipinski definition) is 3. The smallest absolute Gasteiger partial charge is 0.258 e. The molecule has 0 saturated heterocycles. The molecule has 0 radical (unpaired) electrons. The number of halogens is 1. The SMILES string of the molecule is CC(C)(C)Sc1ccc([N+](=O)[O-])cc1Br. The molecule has 82 valence electrons. The second-order valence-corrected chi connectivity index (χ2v) is 6.81. The van der Waals surface area contributed by atoms with Gasteiger partial charge in [0.25, 0.3) is 5.69 Å². The first-order valence-corrected chi connectivity index (χ1v) is 6.03. The Balaban J connectivity index is 2.99. The van der Waals surface area contributed by atoms with Gasteiger partial charge in [0.1, 0.15) is 0 Å². The van der Waals surface area contributed by atoms with E-state index >= 15 is 0 Å². The third-order valence-electron chi connectivity index (χ3n) is 1.54. The van der Waals surface area contributed by atoms with E-state index in [9.17, 15) is 10.1 Å². The quantitative estimate of drug-likeness (QED) is 0.464. The van der Waals surface area contributed by atoms with Crippen LogP contribution in [0.5, 0.6) is 0 Å². The molecule has 15 heavy (non-hydrogen) atoms.